The van der Waals surface area contributed by atoms with E-state index in [4.69, 9.17) is 0 Å². The maximum atomic E-state index is 12.6. The summed E-state index contributed by atoms with van der Waals surface area (Å²) >= 11 is 0. The van der Waals surface area contributed by atoms with Gasteiger partial charge in [0.25, 0.3) is 0 Å². The number of rotatable bonds is 1. The minimum atomic E-state index is 0.298. The summed E-state index contributed by atoms with van der Waals surface area (Å²) in [5, 5.41) is 0. The van der Waals surface area contributed by atoms with Crippen molar-refractivity contribution in [2.75, 3.05) is 26.7 Å². The zero-order chi connectivity index (χ0) is 13.4. The van der Waals surface area contributed by atoms with Gasteiger partial charge in [0.05, 0.1) is 0 Å². The summed E-state index contributed by atoms with van der Waals surface area (Å²) in [5.74, 6) is 2.70. The van der Waals surface area contributed by atoms with Gasteiger partial charge in [-0.05, 0) is 0 Å². The number of hydrogen-bond donors (Lipinski definition) is 0. The van der Waals surface area contributed by atoms with Crippen LogP contribution in [0.15, 0.2) is 0 Å². The van der Waals surface area contributed by atoms with E-state index in [0.29, 0.717) is 29.6 Å². The number of carbonyl (C=O) groups is 1. The molecule has 0 bridgehead atoms. The van der Waals surface area contributed by atoms with Gasteiger partial charge in [0.2, 0.25) is 0 Å². The van der Waals surface area contributed by atoms with Crippen molar-refractivity contribution in [1.29, 1.82) is 0 Å². The molecule has 0 aromatic heterocycles. The van der Waals surface area contributed by atoms with Crippen molar-refractivity contribution < 1.29 is 4.79 Å². The second-order valence-corrected chi connectivity index (χ2v) is 6.69. The Morgan fingerprint density at radius 3 is 2.68 bits per heavy atom. The number of carbonyl (C=O) groups excluding carboxylic acids is 1. The Bertz CT molecular complexity index is 373. The molecular formula is C15H25BN2O. The van der Waals surface area contributed by atoms with Crippen molar-refractivity contribution in [3.05, 3.63) is 0 Å². The van der Waals surface area contributed by atoms with Gasteiger partial charge in [-0.1, -0.05) is 0 Å². The Morgan fingerprint density at radius 2 is 1.89 bits per heavy atom. The van der Waals surface area contributed by atoms with Crippen LogP contribution in [-0.2, 0) is 4.79 Å². The summed E-state index contributed by atoms with van der Waals surface area (Å²) < 4.78 is 0. The van der Waals surface area contributed by atoms with E-state index in [2.05, 4.69) is 11.3 Å². The van der Waals surface area contributed by atoms with Crippen LogP contribution >= 0.6 is 0 Å². The first-order valence-corrected chi connectivity index (χ1v) is 7.82. The molecule has 4 heteroatoms. The predicted molar refractivity (Wildman–Crippen MR) is 79.1 cm³/mol. The Morgan fingerprint density at radius 1 is 1.11 bits per heavy atom. The van der Waals surface area contributed by atoms with Gasteiger partial charge >= 0.3 is 116 Å². The normalized spacial score (nSPS) is 39.1. The maximum absolute atomic E-state index is 12.6. The Balaban J connectivity index is 1.88. The number of nitrogens with zero attached hydrogens (tertiary/aromatic N) is 2. The van der Waals surface area contributed by atoms with E-state index in [1.807, 2.05) is 19.0 Å². The Labute approximate surface area is 117 Å². The Hall–Kier alpha value is -0.795. The summed E-state index contributed by atoms with van der Waals surface area (Å²) in [6.45, 7) is 7.08. The van der Waals surface area contributed by atoms with Gasteiger partial charge in [-0.2, -0.15) is 0 Å². The van der Waals surface area contributed by atoms with Crippen molar-refractivity contribution in [2.45, 2.75) is 32.1 Å². The molecule has 3 rings (SSSR count). The molecule has 0 aromatic carbocycles. The molecule has 0 N–H and O–H groups in total. The van der Waals surface area contributed by atoms with Gasteiger partial charge in [-0.15, -0.1) is 0 Å². The molecule has 1 saturated carbocycles. The van der Waals surface area contributed by atoms with E-state index in [-0.39, 0.29) is 0 Å². The van der Waals surface area contributed by atoms with Crippen molar-refractivity contribution >= 4 is 19.4 Å². The fourth-order valence-electron chi connectivity index (χ4n) is 4.64. The predicted octanol–water partition coefficient (Wildman–Crippen LogP) is 1.25. The second kappa shape index (κ2) is 5.30. The van der Waals surface area contributed by atoms with Crippen molar-refractivity contribution in [1.82, 2.24) is 9.71 Å². The second-order valence-electron chi connectivity index (χ2n) is 6.69. The molecule has 0 spiro atoms. The van der Waals surface area contributed by atoms with Crippen LogP contribution in [-0.4, -0.2) is 55.8 Å². The minimum absolute atomic E-state index is 0.298. The van der Waals surface area contributed by atoms with Gasteiger partial charge in [-0.3, -0.25) is 0 Å². The van der Waals surface area contributed by atoms with Crippen LogP contribution < -0.4 is 0 Å². The zero-order valence-corrected chi connectivity index (χ0v) is 12.1. The third kappa shape index (κ3) is 2.34. The number of amides is 1. The average Bonchev–Trinajstić information content (AvgIpc) is 2.61. The van der Waals surface area contributed by atoms with E-state index in [1.54, 1.807) is 0 Å². The van der Waals surface area contributed by atoms with E-state index in [1.165, 1.54) is 25.7 Å². The standard InChI is InChI=1S/C15H25BN2O/c1-16-18-9-11-8-17(2)15(19)13-7-5-3-4-6-12(13)14(11)10-18/h11-14H,1,3-10H2,2H3. The molecule has 2 saturated heterocycles. The number of fused-ring (bicyclic) bond motifs is 3. The molecule has 2 aliphatic heterocycles. The van der Waals surface area contributed by atoms with Gasteiger partial charge in [-0.25, -0.2) is 0 Å². The van der Waals surface area contributed by atoms with Crippen molar-refractivity contribution in [2.24, 2.45) is 23.7 Å². The first kappa shape index (κ1) is 13.2. The molecule has 0 aromatic rings. The molecule has 104 valence electrons. The summed E-state index contributed by atoms with van der Waals surface area (Å²) in [4.78, 5) is 17.0. The molecule has 3 aliphatic rings. The summed E-state index contributed by atoms with van der Waals surface area (Å²) in [7, 11) is 3.99. The van der Waals surface area contributed by atoms with Crippen LogP contribution in [0, 0.1) is 23.7 Å². The number of likely N-dealkylation sites (tertiary alicyclic amines) is 1. The number of hydrogen-bond acceptors (Lipinski definition) is 2. The zero-order valence-electron chi connectivity index (χ0n) is 12.1. The van der Waals surface area contributed by atoms with Crippen LogP contribution in [0.1, 0.15) is 32.1 Å². The molecule has 4 unspecified atom stereocenters. The van der Waals surface area contributed by atoms with E-state index < -0.39 is 0 Å². The quantitative estimate of drug-likeness (QED) is 0.662. The summed E-state index contributed by atoms with van der Waals surface area (Å²) in [6.07, 6.45) is 6.24. The van der Waals surface area contributed by atoms with Gasteiger partial charge in [0.1, 0.15) is 0 Å². The van der Waals surface area contributed by atoms with Crippen LogP contribution in [0.3, 0.4) is 0 Å². The van der Waals surface area contributed by atoms with E-state index in [0.717, 1.165) is 26.1 Å². The van der Waals surface area contributed by atoms with Gasteiger partial charge in [0.15, 0.2) is 0 Å². The molecule has 2 heterocycles. The fourth-order valence-corrected chi connectivity index (χ4v) is 4.64. The van der Waals surface area contributed by atoms with Crippen LogP contribution in [0.25, 0.3) is 0 Å². The molecule has 4 atom stereocenters. The third-order valence-electron chi connectivity index (χ3n) is 5.60. The van der Waals surface area contributed by atoms with Crippen LogP contribution in [0.5, 0.6) is 0 Å². The van der Waals surface area contributed by atoms with Crippen molar-refractivity contribution in [3.8, 4) is 0 Å². The molecule has 3 nitrogen and oxygen atoms in total. The van der Waals surface area contributed by atoms with E-state index in [9.17, 15) is 4.79 Å². The van der Waals surface area contributed by atoms with Crippen molar-refractivity contribution in [3.63, 3.8) is 0 Å². The molecule has 0 radical (unpaired) electrons. The SMILES string of the molecule is C=BN1CC2CN(C)C(=O)C3CCCCCC3C2C1. The molecule has 19 heavy (non-hydrogen) atoms. The molecular weight excluding hydrogens is 235 g/mol. The van der Waals surface area contributed by atoms with E-state index >= 15 is 0 Å². The topological polar surface area (TPSA) is 23.6 Å². The summed E-state index contributed by atoms with van der Waals surface area (Å²) in [5.41, 5.74) is 0. The van der Waals surface area contributed by atoms with Gasteiger partial charge in [0, 0.05) is 0 Å². The molecule has 3 fully saturated rings. The van der Waals surface area contributed by atoms with Gasteiger partial charge < -0.3 is 0 Å². The third-order valence-corrected chi connectivity index (χ3v) is 5.60. The Kier molecular flexibility index (Phi) is 3.68. The molecule has 1 aliphatic carbocycles. The monoisotopic (exact) mass is 260 g/mol. The first-order valence-electron chi connectivity index (χ1n) is 7.82. The fraction of sp³-hybridized carbons (Fsp3) is 0.867. The first-order chi connectivity index (χ1) is 9.20. The van der Waals surface area contributed by atoms with Crippen LogP contribution in [0.4, 0.5) is 0 Å². The summed E-state index contributed by atoms with van der Waals surface area (Å²) in [6, 6.07) is 0. The van der Waals surface area contributed by atoms with Crippen LogP contribution in [0.2, 0.25) is 0 Å². The average molecular weight is 260 g/mol. The molecule has 1 amide bonds.